The first-order chi connectivity index (χ1) is 17.1. The molecule has 0 saturated heterocycles. The monoisotopic (exact) mass is 494 g/mol. The van der Waals surface area contributed by atoms with Crippen LogP contribution in [-0.4, -0.2) is 42.7 Å². The molecular formula is C28H34N2O6. The average Bonchev–Trinajstić information content (AvgIpc) is 3.26. The highest BCUT2D eigenvalue weighted by molar-refractivity contribution is 5.94. The molecule has 1 aromatic heterocycles. The van der Waals surface area contributed by atoms with E-state index in [0.29, 0.717) is 30.2 Å². The molecule has 8 heteroatoms. The Morgan fingerprint density at radius 1 is 0.972 bits per heavy atom. The Hall–Kier alpha value is -3.81. The van der Waals surface area contributed by atoms with Crippen molar-refractivity contribution in [2.75, 3.05) is 20.3 Å². The number of hydrogen-bond donors (Lipinski definition) is 1. The van der Waals surface area contributed by atoms with Crippen molar-refractivity contribution in [2.45, 2.75) is 46.6 Å². The zero-order valence-corrected chi connectivity index (χ0v) is 21.7. The second kappa shape index (κ2) is 11.7. The summed E-state index contributed by atoms with van der Waals surface area (Å²) >= 11 is 0. The highest BCUT2D eigenvalue weighted by atomic mass is 16.6. The van der Waals surface area contributed by atoms with Gasteiger partial charge in [-0.1, -0.05) is 13.8 Å². The zero-order valence-electron chi connectivity index (χ0n) is 21.7. The second-order valence-corrected chi connectivity index (χ2v) is 9.75. The van der Waals surface area contributed by atoms with Crippen LogP contribution >= 0.6 is 0 Å². The number of carbonyl (C=O) groups excluding carboxylic acids is 2. The molecule has 3 rings (SSSR count). The molecule has 3 aromatic rings. The predicted molar refractivity (Wildman–Crippen MR) is 137 cm³/mol. The van der Waals surface area contributed by atoms with E-state index in [1.54, 1.807) is 19.2 Å². The Kier molecular flexibility index (Phi) is 8.74. The highest BCUT2D eigenvalue weighted by Crippen LogP contribution is 2.34. The van der Waals surface area contributed by atoms with Crippen LogP contribution in [0.4, 0.5) is 4.79 Å². The fourth-order valence-corrected chi connectivity index (χ4v) is 3.38. The fraction of sp³-hybridized carbons (Fsp3) is 0.393. The maximum Gasteiger partial charge on any atom is 0.407 e. The van der Waals surface area contributed by atoms with Crippen LogP contribution in [-0.2, 0) is 4.74 Å². The lowest BCUT2D eigenvalue weighted by atomic mass is 10.1. The number of carbonyl (C=O) groups is 2. The number of Topliss-reactive ketones (excluding diaryl/α,β-unsaturated/α-hetero) is 1. The third kappa shape index (κ3) is 7.60. The van der Waals surface area contributed by atoms with E-state index in [1.807, 2.05) is 71.0 Å². The number of hydrogen-bond acceptors (Lipinski definition) is 7. The maximum atomic E-state index is 12.7. The SMILES string of the molecule is COc1ccc(-c2nc(C(=O)CC(C)C)oc2-c2ccc(OCCNC(=O)OC(C)(C)C)cc2)cc1. The van der Waals surface area contributed by atoms with Gasteiger partial charge in [-0.2, -0.15) is 0 Å². The molecule has 8 nitrogen and oxygen atoms in total. The van der Waals surface area contributed by atoms with Crippen molar-refractivity contribution in [1.82, 2.24) is 10.3 Å². The molecule has 0 aliphatic carbocycles. The van der Waals surface area contributed by atoms with Crippen LogP contribution < -0.4 is 14.8 Å². The van der Waals surface area contributed by atoms with Crippen LogP contribution in [0.5, 0.6) is 11.5 Å². The quantitative estimate of drug-likeness (QED) is 0.266. The molecule has 0 saturated carbocycles. The summed E-state index contributed by atoms with van der Waals surface area (Å²) in [5.41, 5.74) is 1.61. The van der Waals surface area contributed by atoms with E-state index in [4.69, 9.17) is 18.6 Å². The van der Waals surface area contributed by atoms with Crippen molar-refractivity contribution >= 4 is 11.9 Å². The number of nitrogens with one attached hydrogen (secondary N) is 1. The lowest BCUT2D eigenvalue weighted by Crippen LogP contribution is -2.34. The molecule has 0 fully saturated rings. The summed E-state index contributed by atoms with van der Waals surface area (Å²) in [6, 6.07) is 14.7. The summed E-state index contributed by atoms with van der Waals surface area (Å²) in [6.45, 7) is 9.97. The summed E-state index contributed by atoms with van der Waals surface area (Å²) in [6.07, 6.45) is -0.132. The Bertz CT molecular complexity index is 1160. The number of oxazole rings is 1. The minimum absolute atomic E-state index is 0.0954. The van der Waals surface area contributed by atoms with Gasteiger partial charge in [0.2, 0.25) is 5.78 Å². The molecule has 36 heavy (non-hydrogen) atoms. The first-order valence-corrected chi connectivity index (χ1v) is 11.9. The van der Waals surface area contributed by atoms with Gasteiger partial charge in [0, 0.05) is 17.5 Å². The zero-order chi connectivity index (χ0) is 26.3. The number of alkyl carbamates (subject to hydrolysis) is 1. The van der Waals surface area contributed by atoms with Gasteiger partial charge in [0.15, 0.2) is 5.76 Å². The summed E-state index contributed by atoms with van der Waals surface area (Å²) in [4.78, 5) is 29.0. The van der Waals surface area contributed by atoms with Gasteiger partial charge in [0.05, 0.1) is 13.7 Å². The molecule has 1 amide bonds. The van der Waals surface area contributed by atoms with Gasteiger partial charge in [-0.15, -0.1) is 0 Å². The lowest BCUT2D eigenvalue weighted by molar-refractivity contribution is 0.0520. The molecule has 192 valence electrons. The predicted octanol–water partition coefficient (Wildman–Crippen LogP) is 6.15. The third-order valence-corrected chi connectivity index (χ3v) is 4.98. The Labute approximate surface area is 212 Å². The van der Waals surface area contributed by atoms with Gasteiger partial charge in [0.25, 0.3) is 5.89 Å². The number of methoxy groups -OCH3 is 1. The van der Waals surface area contributed by atoms with Crippen molar-refractivity contribution in [3.63, 3.8) is 0 Å². The molecule has 0 bridgehead atoms. The molecule has 0 aliphatic heterocycles. The summed E-state index contributed by atoms with van der Waals surface area (Å²) in [5, 5.41) is 2.66. The molecule has 1 heterocycles. The first-order valence-electron chi connectivity index (χ1n) is 11.9. The van der Waals surface area contributed by atoms with E-state index < -0.39 is 11.7 Å². The molecule has 0 atom stereocenters. The second-order valence-electron chi connectivity index (χ2n) is 9.75. The van der Waals surface area contributed by atoms with Crippen molar-refractivity contribution in [1.29, 1.82) is 0 Å². The smallest absolute Gasteiger partial charge is 0.407 e. The largest absolute Gasteiger partial charge is 0.497 e. The first kappa shape index (κ1) is 26.8. The Morgan fingerprint density at radius 3 is 2.17 bits per heavy atom. The fourth-order valence-electron chi connectivity index (χ4n) is 3.38. The molecule has 0 radical (unpaired) electrons. The average molecular weight is 495 g/mol. The normalized spacial score (nSPS) is 11.3. The van der Waals surface area contributed by atoms with E-state index in [0.717, 1.165) is 16.9 Å². The maximum absolute atomic E-state index is 12.7. The molecular weight excluding hydrogens is 460 g/mol. The molecule has 2 aromatic carbocycles. The van der Waals surface area contributed by atoms with Gasteiger partial charge in [-0.3, -0.25) is 4.79 Å². The number of nitrogens with zero attached hydrogens (tertiary/aromatic N) is 1. The van der Waals surface area contributed by atoms with Crippen LogP contribution in [0.15, 0.2) is 52.9 Å². The summed E-state index contributed by atoms with van der Waals surface area (Å²) < 4.78 is 22.2. The molecule has 0 unspecified atom stereocenters. The van der Waals surface area contributed by atoms with E-state index in [9.17, 15) is 9.59 Å². The minimum Gasteiger partial charge on any atom is -0.497 e. The highest BCUT2D eigenvalue weighted by Gasteiger charge is 2.22. The van der Waals surface area contributed by atoms with Crippen LogP contribution in [0.2, 0.25) is 0 Å². The Morgan fingerprint density at radius 2 is 1.58 bits per heavy atom. The van der Waals surface area contributed by atoms with E-state index in [2.05, 4.69) is 10.3 Å². The van der Waals surface area contributed by atoms with Gasteiger partial charge in [-0.05, 0) is 75.2 Å². The van der Waals surface area contributed by atoms with Crippen LogP contribution in [0.25, 0.3) is 22.6 Å². The molecule has 0 aliphatic rings. The standard InChI is InChI=1S/C28H34N2O6/c1-18(2)17-23(31)26-30-24(19-7-11-21(33-6)12-8-19)25(35-26)20-9-13-22(14-10-20)34-16-15-29-27(32)36-28(3,4)5/h7-14,18H,15-17H2,1-6H3,(H,29,32). The number of benzene rings is 2. The van der Waals surface area contributed by atoms with Crippen molar-refractivity contribution in [3.8, 4) is 34.1 Å². The van der Waals surface area contributed by atoms with Crippen LogP contribution in [0.1, 0.15) is 51.7 Å². The van der Waals surface area contributed by atoms with Crippen LogP contribution in [0.3, 0.4) is 0 Å². The minimum atomic E-state index is -0.550. The number of amides is 1. The van der Waals surface area contributed by atoms with Crippen molar-refractivity contribution in [3.05, 3.63) is 54.4 Å². The van der Waals surface area contributed by atoms with Gasteiger partial charge >= 0.3 is 6.09 Å². The number of ether oxygens (including phenoxy) is 3. The van der Waals surface area contributed by atoms with Gasteiger partial charge in [0.1, 0.15) is 29.4 Å². The van der Waals surface area contributed by atoms with Crippen LogP contribution in [0, 0.1) is 5.92 Å². The number of aromatic nitrogens is 1. The topological polar surface area (TPSA) is 99.9 Å². The summed E-state index contributed by atoms with van der Waals surface area (Å²) in [7, 11) is 1.61. The Balaban J connectivity index is 1.75. The number of ketones is 1. The molecule has 0 spiro atoms. The van der Waals surface area contributed by atoms with E-state index in [-0.39, 0.29) is 24.2 Å². The van der Waals surface area contributed by atoms with Crippen molar-refractivity contribution < 1.29 is 28.2 Å². The van der Waals surface area contributed by atoms with Gasteiger partial charge in [-0.25, -0.2) is 9.78 Å². The van der Waals surface area contributed by atoms with Gasteiger partial charge < -0.3 is 23.9 Å². The lowest BCUT2D eigenvalue weighted by Gasteiger charge is -2.19. The number of rotatable bonds is 10. The third-order valence-electron chi connectivity index (χ3n) is 4.98. The summed E-state index contributed by atoms with van der Waals surface area (Å²) in [5.74, 6) is 2.01. The van der Waals surface area contributed by atoms with Crippen molar-refractivity contribution in [2.24, 2.45) is 5.92 Å². The van der Waals surface area contributed by atoms with E-state index in [1.165, 1.54) is 0 Å². The van der Waals surface area contributed by atoms with E-state index >= 15 is 0 Å². The molecule has 1 N–H and O–H groups in total.